The van der Waals surface area contributed by atoms with Gasteiger partial charge in [-0.25, -0.2) is 9.78 Å². The number of ether oxygens (including phenoxy) is 2. The van der Waals surface area contributed by atoms with Crippen molar-refractivity contribution in [1.82, 2.24) is 15.0 Å². The van der Waals surface area contributed by atoms with Gasteiger partial charge in [-0.15, -0.1) is 0 Å². The highest BCUT2D eigenvalue weighted by Crippen LogP contribution is 2.22. The summed E-state index contributed by atoms with van der Waals surface area (Å²) in [6.45, 7) is 1.55. The van der Waals surface area contributed by atoms with Crippen molar-refractivity contribution >= 4 is 39.4 Å². The lowest BCUT2D eigenvalue weighted by atomic mass is 10.1. The van der Waals surface area contributed by atoms with E-state index in [9.17, 15) is 9.59 Å². The first kappa shape index (κ1) is 18.9. The molecule has 7 nitrogen and oxygen atoms in total. The molecule has 2 heterocycles. The number of aryl methyl sites for hydroxylation is 1. The van der Waals surface area contributed by atoms with Gasteiger partial charge < -0.3 is 14.5 Å². The summed E-state index contributed by atoms with van der Waals surface area (Å²) in [5.74, 6) is 0.363. The van der Waals surface area contributed by atoms with Gasteiger partial charge in [0.25, 0.3) is 5.56 Å². The van der Waals surface area contributed by atoms with Gasteiger partial charge in [-0.1, -0.05) is 11.6 Å². The van der Waals surface area contributed by atoms with Crippen molar-refractivity contribution in [3.63, 3.8) is 0 Å². The molecule has 0 unspecified atom stereocenters. The second-order valence-electron chi connectivity index (χ2n) is 6.43. The van der Waals surface area contributed by atoms with Crippen LogP contribution in [-0.2, 0) is 11.3 Å². The lowest BCUT2D eigenvalue weighted by Gasteiger charge is -2.09. The average Bonchev–Trinajstić information content (AvgIpc) is 2.70. The van der Waals surface area contributed by atoms with Crippen LogP contribution in [0, 0.1) is 6.92 Å². The van der Waals surface area contributed by atoms with Crippen LogP contribution in [-0.4, -0.2) is 28.0 Å². The third-order valence-corrected chi connectivity index (χ3v) is 4.73. The first-order valence-corrected chi connectivity index (χ1v) is 9.13. The molecule has 2 aromatic heterocycles. The number of carbonyl (C=O) groups is 1. The van der Waals surface area contributed by atoms with Crippen molar-refractivity contribution in [3.8, 4) is 5.75 Å². The summed E-state index contributed by atoms with van der Waals surface area (Å²) in [7, 11) is 1.58. The van der Waals surface area contributed by atoms with E-state index in [0.717, 1.165) is 10.9 Å². The number of fused-ring (bicyclic) bond motifs is 2. The number of hydrogen-bond donors (Lipinski definition) is 1. The molecule has 0 aliphatic heterocycles. The first-order valence-electron chi connectivity index (χ1n) is 8.75. The molecule has 8 heteroatoms. The van der Waals surface area contributed by atoms with Crippen molar-refractivity contribution in [1.29, 1.82) is 0 Å². The Hall–Kier alpha value is -3.45. The molecule has 0 aliphatic rings. The molecule has 0 fully saturated rings. The maximum Gasteiger partial charge on any atom is 0.340 e. The highest BCUT2D eigenvalue weighted by atomic mass is 35.5. The van der Waals surface area contributed by atoms with Crippen molar-refractivity contribution in [2.24, 2.45) is 0 Å². The number of methoxy groups -OCH3 is 1. The maximum atomic E-state index is 12.6. The number of benzene rings is 2. The third kappa shape index (κ3) is 3.77. The number of aromatic amines is 1. The minimum absolute atomic E-state index is 0.184. The van der Waals surface area contributed by atoms with E-state index in [1.54, 1.807) is 50.4 Å². The van der Waals surface area contributed by atoms with Gasteiger partial charge in [0.05, 0.1) is 34.8 Å². The second-order valence-corrected chi connectivity index (χ2v) is 6.87. The molecular formula is C21H16ClN3O4. The van der Waals surface area contributed by atoms with Gasteiger partial charge in [0.15, 0.2) is 0 Å². The van der Waals surface area contributed by atoms with Crippen molar-refractivity contribution in [2.75, 3.05) is 7.11 Å². The first-order chi connectivity index (χ1) is 13.9. The minimum Gasteiger partial charge on any atom is -0.497 e. The predicted molar refractivity (Wildman–Crippen MR) is 110 cm³/mol. The summed E-state index contributed by atoms with van der Waals surface area (Å²) < 4.78 is 10.6. The summed E-state index contributed by atoms with van der Waals surface area (Å²) >= 11 is 5.96. The number of esters is 1. The molecule has 2 aromatic carbocycles. The van der Waals surface area contributed by atoms with Gasteiger partial charge in [0, 0.05) is 16.5 Å². The fourth-order valence-corrected chi connectivity index (χ4v) is 3.18. The Kier molecular flexibility index (Phi) is 4.90. The fourth-order valence-electron chi connectivity index (χ4n) is 3.02. The van der Waals surface area contributed by atoms with E-state index in [4.69, 9.17) is 21.1 Å². The van der Waals surface area contributed by atoms with Crippen LogP contribution in [0.5, 0.6) is 5.75 Å². The lowest BCUT2D eigenvalue weighted by molar-refractivity contribution is 0.0461. The van der Waals surface area contributed by atoms with Crippen LogP contribution < -0.4 is 10.3 Å². The number of rotatable bonds is 4. The van der Waals surface area contributed by atoms with E-state index in [1.165, 1.54) is 0 Å². The van der Waals surface area contributed by atoms with Gasteiger partial charge >= 0.3 is 5.97 Å². The van der Waals surface area contributed by atoms with Crippen molar-refractivity contribution in [3.05, 3.63) is 74.9 Å². The number of halogens is 1. The molecule has 4 rings (SSSR count). The van der Waals surface area contributed by atoms with Gasteiger partial charge in [-0.05, 0) is 43.3 Å². The zero-order chi connectivity index (χ0) is 20.5. The van der Waals surface area contributed by atoms with Crippen molar-refractivity contribution in [2.45, 2.75) is 13.5 Å². The highest BCUT2D eigenvalue weighted by molar-refractivity contribution is 6.31. The summed E-state index contributed by atoms with van der Waals surface area (Å²) in [5, 5.41) is 1.66. The van der Waals surface area contributed by atoms with Crippen molar-refractivity contribution < 1.29 is 14.3 Å². The molecular weight excluding hydrogens is 394 g/mol. The summed E-state index contributed by atoms with van der Waals surface area (Å²) in [6, 6.07) is 11.9. The minimum atomic E-state index is -0.554. The van der Waals surface area contributed by atoms with E-state index in [2.05, 4.69) is 15.0 Å². The van der Waals surface area contributed by atoms with Crippen LogP contribution in [0.1, 0.15) is 21.9 Å². The van der Waals surface area contributed by atoms with Crippen LogP contribution >= 0.6 is 11.6 Å². The quantitative estimate of drug-likeness (QED) is 0.515. The molecule has 0 bridgehead atoms. The predicted octanol–water partition coefficient (Wildman–Crippen LogP) is 3.80. The van der Waals surface area contributed by atoms with E-state index in [-0.39, 0.29) is 18.0 Å². The standard InChI is InChI=1S/C21H16ClN3O4/c1-11-16(7-12-3-5-14(28-2)9-17(12)23-11)21(27)29-10-19-24-18-8-13(22)4-6-15(18)20(26)25-19/h3-9H,10H2,1-2H3,(H,24,25,26). The van der Waals surface area contributed by atoms with E-state index < -0.39 is 5.97 Å². The maximum absolute atomic E-state index is 12.6. The molecule has 0 saturated heterocycles. The number of hydrogen-bond acceptors (Lipinski definition) is 6. The summed E-state index contributed by atoms with van der Waals surface area (Å²) in [4.78, 5) is 36.1. The Morgan fingerprint density at radius 2 is 1.93 bits per heavy atom. The number of nitrogens with one attached hydrogen (secondary N) is 1. The summed E-state index contributed by atoms with van der Waals surface area (Å²) in [6.07, 6.45) is 0. The van der Waals surface area contributed by atoms with Crippen LogP contribution in [0.15, 0.2) is 47.3 Å². The van der Waals surface area contributed by atoms with E-state index in [1.807, 2.05) is 6.07 Å². The van der Waals surface area contributed by atoms with Crippen LogP contribution in [0.3, 0.4) is 0 Å². The Morgan fingerprint density at radius 3 is 2.72 bits per heavy atom. The zero-order valence-electron chi connectivity index (χ0n) is 15.7. The summed E-state index contributed by atoms with van der Waals surface area (Å²) in [5.41, 5.74) is 1.70. The number of H-pyrrole nitrogens is 1. The van der Waals surface area contributed by atoms with Crippen LogP contribution in [0.25, 0.3) is 21.8 Å². The smallest absolute Gasteiger partial charge is 0.340 e. The third-order valence-electron chi connectivity index (χ3n) is 4.49. The number of nitrogens with zero attached hydrogens (tertiary/aromatic N) is 2. The number of pyridine rings is 1. The monoisotopic (exact) mass is 409 g/mol. The van der Waals surface area contributed by atoms with E-state index >= 15 is 0 Å². The van der Waals surface area contributed by atoms with Crippen LogP contribution in [0.4, 0.5) is 0 Å². The highest BCUT2D eigenvalue weighted by Gasteiger charge is 2.15. The Balaban J connectivity index is 1.59. The molecule has 0 saturated carbocycles. The molecule has 0 spiro atoms. The van der Waals surface area contributed by atoms with Crippen LogP contribution in [0.2, 0.25) is 5.02 Å². The molecule has 1 N–H and O–H groups in total. The Bertz CT molecular complexity index is 1320. The molecule has 29 heavy (non-hydrogen) atoms. The van der Waals surface area contributed by atoms with Gasteiger partial charge in [0.1, 0.15) is 18.2 Å². The van der Waals surface area contributed by atoms with Gasteiger partial charge in [-0.2, -0.15) is 0 Å². The molecule has 0 amide bonds. The lowest BCUT2D eigenvalue weighted by Crippen LogP contribution is -2.15. The Morgan fingerprint density at radius 1 is 1.10 bits per heavy atom. The Labute approximate surface area is 170 Å². The molecule has 146 valence electrons. The zero-order valence-corrected chi connectivity index (χ0v) is 16.4. The SMILES string of the molecule is COc1ccc2cc(C(=O)OCc3nc4cc(Cl)ccc4c(=O)[nH]3)c(C)nc2c1. The molecule has 0 aliphatic carbocycles. The number of aromatic nitrogens is 3. The fraction of sp³-hybridized carbons (Fsp3) is 0.143. The molecule has 0 radical (unpaired) electrons. The second kappa shape index (κ2) is 7.52. The van der Waals surface area contributed by atoms with Gasteiger partial charge in [0.2, 0.25) is 0 Å². The average molecular weight is 410 g/mol. The van der Waals surface area contributed by atoms with E-state index in [0.29, 0.717) is 32.9 Å². The number of carbonyl (C=O) groups excluding carboxylic acids is 1. The van der Waals surface area contributed by atoms with Gasteiger partial charge in [-0.3, -0.25) is 9.78 Å². The largest absolute Gasteiger partial charge is 0.497 e. The topological polar surface area (TPSA) is 94.2 Å². The molecule has 4 aromatic rings. The molecule has 0 atom stereocenters. The normalized spacial score (nSPS) is 11.0.